The van der Waals surface area contributed by atoms with Crippen LogP contribution in [0.25, 0.3) is 27.0 Å². The molecule has 2 aliphatic carbocycles. The summed E-state index contributed by atoms with van der Waals surface area (Å²) in [7, 11) is 0. The van der Waals surface area contributed by atoms with Gasteiger partial charge in [-0.05, 0) is 43.4 Å². The van der Waals surface area contributed by atoms with Gasteiger partial charge in [0, 0.05) is 35.0 Å². The van der Waals surface area contributed by atoms with E-state index in [9.17, 15) is 4.79 Å². The SMILES string of the molecule is [C-]#[N+]c1cc(-c2cn(C3CC3)c3ncnc(N)c23)ccc1NC(=O)Nc1cc(C2(C)CC2)no1. The fourth-order valence-electron chi connectivity index (χ4n) is 4.18. The lowest BCUT2D eigenvalue weighted by molar-refractivity contribution is 0.261. The van der Waals surface area contributed by atoms with E-state index >= 15 is 0 Å². The molecule has 0 saturated heterocycles. The van der Waals surface area contributed by atoms with E-state index in [2.05, 4.69) is 42.1 Å². The number of amides is 2. The van der Waals surface area contributed by atoms with Crippen LogP contribution in [0, 0.1) is 6.57 Å². The van der Waals surface area contributed by atoms with E-state index in [1.165, 1.54) is 6.33 Å². The summed E-state index contributed by atoms with van der Waals surface area (Å²) < 4.78 is 7.38. The van der Waals surface area contributed by atoms with Crippen molar-refractivity contribution >= 4 is 40.1 Å². The standard InChI is InChI=1S/C24H22N8O2/c1-24(7-8-24)18-10-19(34-31-18)30-23(33)29-16-6-3-13(9-17(16)26-2)15-11-32(14-4-5-14)22-20(15)21(25)27-12-28-22/h3,6,9-12,14H,4-5,7-8H2,1H3,(H2,25,27,28)(H2,29,30,33). The number of hydrogen-bond acceptors (Lipinski definition) is 6. The number of aromatic nitrogens is 4. The number of nitrogens with zero attached hydrogens (tertiary/aromatic N) is 5. The normalized spacial score (nSPS) is 16.2. The zero-order chi connectivity index (χ0) is 23.4. The first-order valence-electron chi connectivity index (χ1n) is 11.1. The van der Waals surface area contributed by atoms with Crippen LogP contribution in [-0.4, -0.2) is 25.7 Å². The molecule has 0 aliphatic heterocycles. The largest absolute Gasteiger partial charge is 0.383 e. The van der Waals surface area contributed by atoms with Crippen molar-refractivity contribution in [3.63, 3.8) is 0 Å². The van der Waals surface area contributed by atoms with E-state index in [1.54, 1.807) is 18.2 Å². The third-order valence-electron chi connectivity index (χ3n) is 6.62. The van der Waals surface area contributed by atoms with Crippen LogP contribution in [0.15, 0.2) is 41.3 Å². The van der Waals surface area contributed by atoms with Gasteiger partial charge < -0.3 is 20.1 Å². The van der Waals surface area contributed by atoms with Crippen molar-refractivity contribution in [1.29, 1.82) is 0 Å². The highest BCUT2D eigenvalue weighted by Crippen LogP contribution is 2.47. The summed E-state index contributed by atoms with van der Waals surface area (Å²) in [6.45, 7) is 9.76. The Hall–Kier alpha value is -4.39. The van der Waals surface area contributed by atoms with Crippen LogP contribution >= 0.6 is 0 Å². The number of carbonyl (C=O) groups excluding carboxylic acids is 1. The van der Waals surface area contributed by atoms with Crippen LogP contribution in [-0.2, 0) is 5.41 Å². The molecule has 2 saturated carbocycles. The number of benzene rings is 1. The van der Waals surface area contributed by atoms with Crippen LogP contribution in [0.3, 0.4) is 0 Å². The van der Waals surface area contributed by atoms with E-state index < -0.39 is 6.03 Å². The highest BCUT2D eigenvalue weighted by atomic mass is 16.5. The smallest absolute Gasteiger partial charge is 0.325 e. The third kappa shape index (κ3) is 3.42. The summed E-state index contributed by atoms with van der Waals surface area (Å²) in [5.41, 5.74) is 10.2. The van der Waals surface area contributed by atoms with Gasteiger partial charge in [-0.15, -0.1) is 0 Å². The van der Waals surface area contributed by atoms with Crippen molar-refractivity contribution < 1.29 is 9.32 Å². The monoisotopic (exact) mass is 454 g/mol. The lowest BCUT2D eigenvalue weighted by atomic mass is 10.0. The maximum absolute atomic E-state index is 12.5. The van der Waals surface area contributed by atoms with Gasteiger partial charge in [0.25, 0.3) is 0 Å². The number of carbonyl (C=O) groups is 1. The van der Waals surface area contributed by atoms with Gasteiger partial charge in [0.1, 0.15) is 17.8 Å². The van der Waals surface area contributed by atoms with E-state index in [0.29, 0.717) is 23.2 Å². The molecule has 2 fully saturated rings. The van der Waals surface area contributed by atoms with Crippen molar-refractivity contribution in [2.75, 3.05) is 16.4 Å². The molecule has 0 spiro atoms. The Labute approximate surface area is 195 Å². The van der Waals surface area contributed by atoms with Crippen LogP contribution in [0.4, 0.5) is 27.9 Å². The average molecular weight is 454 g/mol. The fourth-order valence-corrected chi connectivity index (χ4v) is 4.18. The molecule has 3 heterocycles. The Balaban J connectivity index is 1.27. The lowest BCUT2D eigenvalue weighted by Gasteiger charge is -2.09. The van der Waals surface area contributed by atoms with Crippen LogP contribution in [0.2, 0.25) is 0 Å². The number of nitrogens with one attached hydrogen (secondary N) is 2. The molecule has 170 valence electrons. The van der Waals surface area contributed by atoms with Crippen molar-refractivity contribution in [1.82, 2.24) is 19.7 Å². The topological polar surface area (TPSA) is 128 Å². The number of nitrogen functional groups attached to an aromatic ring is 1. The summed E-state index contributed by atoms with van der Waals surface area (Å²) in [6, 6.07) is 6.94. The lowest BCUT2D eigenvalue weighted by Crippen LogP contribution is -2.19. The highest BCUT2D eigenvalue weighted by molar-refractivity contribution is 6.04. The maximum atomic E-state index is 12.5. The Morgan fingerprint density at radius 1 is 1.26 bits per heavy atom. The fraction of sp³-hybridized carbons (Fsp3) is 0.292. The Morgan fingerprint density at radius 2 is 2.09 bits per heavy atom. The van der Waals surface area contributed by atoms with Gasteiger partial charge in [0.15, 0.2) is 0 Å². The van der Waals surface area contributed by atoms with Crippen LogP contribution in [0.1, 0.15) is 44.3 Å². The molecule has 4 aromatic rings. The molecule has 3 aromatic heterocycles. The second kappa shape index (κ2) is 7.31. The van der Waals surface area contributed by atoms with Gasteiger partial charge in [0.05, 0.1) is 17.7 Å². The van der Waals surface area contributed by atoms with Crippen LogP contribution in [0.5, 0.6) is 0 Å². The number of urea groups is 1. The van der Waals surface area contributed by atoms with Crippen LogP contribution < -0.4 is 16.4 Å². The van der Waals surface area contributed by atoms with E-state index in [0.717, 1.165) is 53.5 Å². The number of nitrogens with two attached hydrogens (primary N) is 1. The Morgan fingerprint density at radius 3 is 2.82 bits per heavy atom. The number of hydrogen-bond donors (Lipinski definition) is 3. The minimum atomic E-state index is -0.510. The van der Waals surface area contributed by atoms with Gasteiger partial charge in [-0.3, -0.25) is 5.32 Å². The molecule has 0 bridgehead atoms. The van der Waals surface area contributed by atoms with Crippen molar-refractivity contribution in [3.8, 4) is 11.1 Å². The first kappa shape index (κ1) is 20.2. The molecule has 6 rings (SSSR count). The second-order valence-electron chi connectivity index (χ2n) is 9.20. The van der Waals surface area contributed by atoms with Gasteiger partial charge in [0.2, 0.25) is 11.6 Å². The van der Waals surface area contributed by atoms with Gasteiger partial charge >= 0.3 is 6.03 Å². The summed E-state index contributed by atoms with van der Waals surface area (Å²) in [5, 5.41) is 10.2. The number of fused-ring (bicyclic) bond motifs is 1. The summed E-state index contributed by atoms with van der Waals surface area (Å²) >= 11 is 0. The van der Waals surface area contributed by atoms with Gasteiger partial charge in [-0.25, -0.2) is 19.6 Å². The molecule has 0 atom stereocenters. The molecule has 0 radical (unpaired) electrons. The molecule has 0 unspecified atom stereocenters. The predicted molar refractivity (Wildman–Crippen MR) is 128 cm³/mol. The molecule has 10 nitrogen and oxygen atoms in total. The van der Waals surface area contributed by atoms with E-state index in [4.69, 9.17) is 16.8 Å². The third-order valence-corrected chi connectivity index (χ3v) is 6.62. The quantitative estimate of drug-likeness (QED) is 0.353. The van der Waals surface area contributed by atoms with Crippen molar-refractivity contribution in [2.24, 2.45) is 0 Å². The molecule has 4 N–H and O–H groups in total. The van der Waals surface area contributed by atoms with Gasteiger partial charge in [-0.2, -0.15) is 0 Å². The minimum Gasteiger partial charge on any atom is -0.383 e. The first-order chi connectivity index (χ1) is 16.4. The predicted octanol–water partition coefficient (Wildman–Crippen LogP) is 5.25. The Bertz CT molecular complexity index is 1490. The molecular weight excluding hydrogens is 432 g/mol. The highest BCUT2D eigenvalue weighted by Gasteiger charge is 2.42. The summed E-state index contributed by atoms with van der Waals surface area (Å²) in [4.78, 5) is 24.8. The van der Waals surface area contributed by atoms with Gasteiger partial charge in [-0.1, -0.05) is 18.1 Å². The average Bonchev–Trinajstić information content (AvgIpc) is 3.72. The number of anilines is 3. The molecule has 10 heteroatoms. The molecular formula is C24H22N8O2. The first-order valence-corrected chi connectivity index (χ1v) is 11.1. The maximum Gasteiger partial charge on any atom is 0.325 e. The number of rotatable bonds is 5. The van der Waals surface area contributed by atoms with Crippen molar-refractivity contribution in [3.05, 3.63) is 53.9 Å². The molecule has 1 aromatic carbocycles. The molecule has 2 aliphatic rings. The van der Waals surface area contributed by atoms with E-state index in [1.807, 2.05) is 12.3 Å². The summed E-state index contributed by atoms with van der Waals surface area (Å²) in [6.07, 6.45) is 7.82. The van der Waals surface area contributed by atoms with Crippen molar-refractivity contribution in [2.45, 2.75) is 44.1 Å². The minimum absolute atomic E-state index is 0.0457. The Kier molecular flexibility index (Phi) is 4.35. The zero-order valence-electron chi connectivity index (χ0n) is 18.5. The van der Waals surface area contributed by atoms with E-state index in [-0.39, 0.29) is 11.3 Å². The summed E-state index contributed by atoms with van der Waals surface area (Å²) in [5.74, 6) is 0.668. The molecule has 2 amide bonds. The zero-order valence-corrected chi connectivity index (χ0v) is 18.5. The molecule has 34 heavy (non-hydrogen) atoms. The second-order valence-corrected chi connectivity index (χ2v) is 9.20.